The third kappa shape index (κ3) is 8.29. The number of likely N-dealkylation sites (tertiary alicyclic amines) is 1. The highest BCUT2D eigenvalue weighted by Crippen LogP contribution is 2.35. The molecule has 0 bridgehead atoms. The maximum Gasteiger partial charge on any atom is 0.406 e. The number of aromatic nitrogens is 3. The summed E-state index contributed by atoms with van der Waals surface area (Å²) in [6.45, 7) is 5.77. The Labute approximate surface area is 246 Å². The number of alkyl halides is 4. The lowest BCUT2D eigenvalue weighted by atomic mass is 10.0. The van der Waals surface area contributed by atoms with E-state index in [9.17, 15) is 22.4 Å². The fourth-order valence-corrected chi connectivity index (χ4v) is 4.85. The van der Waals surface area contributed by atoms with Crippen molar-refractivity contribution in [1.82, 2.24) is 24.9 Å². The summed E-state index contributed by atoms with van der Waals surface area (Å²) in [5, 5.41) is 10.2. The van der Waals surface area contributed by atoms with Crippen molar-refractivity contribution in [2.24, 2.45) is 4.99 Å². The van der Waals surface area contributed by atoms with E-state index in [1.807, 2.05) is 11.9 Å². The van der Waals surface area contributed by atoms with Crippen molar-refractivity contribution in [3.8, 4) is 11.5 Å². The van der Waals surface area contributed by atoms with Gasteiger partial charge in [-0.2, -0.15) is 18.2 Å². The average Bonchev–Trinajstić information content (AvgIpc) is 3.56. The van der Waals surface area contributed by atoms with Gasteiger partial charge in [0, 0.05) is 42.6 Å². The highest BCUT2D eigenvalue weighted by molar-refractivity contribution is 6.04. The number of hydrogen-bond donors (Lipinski definition) is 2. The topological polar surface area (TPSA) is 110 Å². The Hall–Kier alpha value is -4.04. The van der Waals surface area contributed by atoms with Gasteiger partial charge in [0.25, 0.3) is 5.91 Å². The van der Waals surface area contributed by atoms with Gasteiger partial charge in [0.05, 0.1) is 36.9 Å². The van der Waals surface area contributed by atoms with Crippen molar-refractivity contribution in [2.75, 3.05) is 45.7 Å². The maximum atomic E-state index is 14.7. The molecule has 3 aromatic rings. The number of anilines is 1. The van der Waals surface area contributed by atoms with Crippen LogP contribution in [0, 0.1) is 0 Å². The predicted molar refractivity (Wildman–Crippen MR) is 156 cm³/mol. The summed E-state index contributed by atoms with van der Waals surface area (Å²) < 4.78 is 67.0. The van der Waals surface area contributed by atoms with E-state index in [0.29, 0.717) is 42.9 Å². The van der Waals surface area contributed by atoms with Crippen LogP contribution >= 0.6 is 0 Å². The lowest BCUT2D eigenvalue weighted by molar-refractivity contribution is -0.139. The number of piperidine rings is 1. The molecule has 1 aliphatic heterocycles. The van der Waals surface area contributed by atoms with E-state index in [4.69, 9.17) is 9.26 Å². The molecule has 10 nitrogen and oxygen atoms in total. The van der Waals surface area contributed by atoms with E-state index >= 15 is 0 Å². The van der Waals surface area contributed by atoms with Gasteiger partial charge < -0.3 is 29.4 Å². The van der Waals surface area contributed by atoms with Crippen LogP contribution in [0.5, 0.6) is 0 Å². The number of ether oxygens (including phenoxy) is 1. The van der Waals surface area contributed by atoms with Gasteiger partial charge in [0.1, 0.15) is 12.7 Å². The first-order chi connectivity index (χ1) is 20.5. The Morgan fingerprint density at radius 2 is 2.14 bits per heavy atom. The Balaban J connectivity index is 1.57. The minimum atomic E-state index is -4.54. The molecule has 1 fully saturated rings. The Bertz CT molecular complexity index is 1490. The van der Waals surface area contributed by atoms with E-state index < -0.39 is 30.8 Å². The SMILES string of the molecule is C=C/C(=C\C(C)=NCCOC)C(=O)NCc1nc(-c2cc3c(NC4CCN(C)CC4F)cccc3n2CC(F)(F)F)no1. The second kappa shape index (κ2) is 14.0. The second-order valence-corrected chi connectivity index (χ2v) is 10.3. The van der Waals surface area contributed by atoms with Gasteiger partial charge >= 0.3 is 6.18 Å². The number of carbonyl (C=O) groups is 1. The van der Waals surface area contributed by atoms with Crippen molar-refractivity contribution in [3.63, 3.8) is 0 Å². The van der Waals surface area contributed by atoms with Crippen molar-refractivity contribution in [3.05, 3.63) is 54.5 Å². The number of allylic oxidation sites excluding steroid dienone is 1. The van der Waals surface area contributed by atoms with Crippen LogP contribution < -0.4 is 10.6 Å². The molecule has 0 aliphatic carbocycles. The molecular weight excluding hydrogens is 570 g/mol. The highest BCUT2D eigenvalue weighted by Gasteiger charge is 2.32. The number of benzene rings is 1. The molecule has 43 heavy (non-hydrogen) atoms. The number of halogens is 4. The Kier molecular flexibility index (Phi) is 10.3. The van der Waals surface area contributed by atoms with Crippen LogP contribution in [0.15, 0.2) is 58.1 Å². The normalized spacial score (nSPS) is 18.7. The first-order valence-electron chi connectivity index (χ1n) is 13.7. The number of hydrogen-bond acceptors (Lipinski definition) is 8. The second-order valence-electron chi connectivity index (χ2n) is 10.3. The molecule has 4 rings (SSSR count). The summed E-state index contributed by atoms with van der Waals surface area (Å²) >= 11 is 0. The molecule has 2 aromatic heterocycles. The third-order valence-corrected chi connectivity index (χ3v) is 6.97. The van der Waals surface area contributed by atoms with Crippen LogP contribution in [0.1, 0.15) is 19.2 Å². The average molecular weight is 606 g/mol. The number of nitrogens with zero attached hydrogens (tertiary/aromatic N) is 5. The quantitative estimate of drug-likeness (QED) is 0.103. The molecule has 0 saturated carbocycles. The van der Waals surface area contributed by atoms with Gasteiger partial charge in [-0.3, -0.25) is 9.79 Å². The molecule has 1 aromatic carbocycles. The zero-order valence-corrected chi connectivity index (χ0v) is 24.2. The summed E-state index contributed by atoms with van der Waals surface area (Å²) in [7, 11) is 3.41. The number of fused-ring (bicyclic) bond motifs is 1. The lowest BCUT2D eigenvalue weighted by Crippen LogP contribution is -2.46. The van der Waals surface area contributed by atoms with Gasteiger partial charge in [-0.05, 0) is 44.7 Å². The van der Waals surface area contributed by atoms with Gasteiger partial charge in [0.2, 0.25) is 11.7 Å². The number of rotatable bonds is 12. The molecule has 1 amide bonds. The summed E-state index contributed by atoms with van der Waals surface area (Å²) in [5.41, 5.74) is 1.72. The molecule has 2 N–H and O–H groups in total. The Morgan fingerprint density at radius 3 is 2.84 bits per heavy atom. The van der Waals surface area contributed by atoms with Crippen molar-refractivity contribution < 1.29 is 31.6 Å². The van der Waals surface area contributed by atoms with E-state index in [1.165, 1.54) is 12.1 Å². The van der Waals surface area contributed by atoms with Crippen LogP contribution in [-0.2, 0) is 22.6 Å². The van der Waals surface area contributed by atoms with Gasteiger partial charge in [-0.1, -0.05) is 23.9 Å². The van der Waals surface area contributed by atoms with Gasteiger partial charge in [0.15, 0.2) is 0 Å². The van der Waals surface area contributed by atoms with E-state index in [1.54, 1.807) is 38.3 Å². The summed E-state index contributed by atoms with van der Waals surface area (Å²) in [4.78, 5) is 23.1. The number of carbonyl (C=O) groups excluding carboxylic acids is 1. The number of amides is 1. The molecule has 1 aliphatic rings. The summed E-state index contributed by atoms with van der Waals surface area (Å²) in [6.07, 6.45) is -2.19. The van der Waals surface area contributed by atoms with Crippen LogP contribution in [0.2, 0.25) is 0 Å². The van der Waals surface area contributed by atoms with Gasteiger partial charge in [-0.15, -0.1) is 0 Å². The first-order valence-corrected chi connectivity index (χ1v) is 13.7. The predicted octanol–water partition coefficient (Wildman–Crippen LogP) is 4.54. The smallest absolute Gasteiger partial charge is 0.383 e. The molecule has 2 unspecified atom stereocenters. The zero-order valence-electron chi connectivity index (χ0n) is 24.2. The molecule has 0 radical (unpaired) electrons. The fraction of sp³-hybridized carbons (Fsp3) is 0.448. The lowest BCUT2D eigenvalue weighted by Gasteiger charge is -2.33. The third-order valence-electron chi connectivity index (χ3n) is 6.97. The minimum absolute atomic E-state index is 0.00833. The molecular formula is C29H35F4N7O3. The standard InChI is InChI=1S/C29H35F4N7O3/c1-5-19(13-18(2)34-10-12-42-4)28(41)35-15-26-37-27(38-43-26)25-14-20-22(36-23-9-11-39(3)16-21(23)30)7-6-8-24(20)40(25)17-29(31,32)33/h5-8,13-14,21,23,36H,1,9-12,15-17H2,2-4H3,(H,35,41)/b19-13+,34-18?. The molecule has 1 saturated heterocycles. The fourth-order valence-electron chi connectivity index (χ4n) is 4.85. The highest BCUT2D eigenvalue weighted by atomic mass is 19.4. The molecule has 3 heterocycles. The molecule has 2 atom stereocenters. The van der Waals surface area contributed by atoms with E-state index in [-0.39, 0.29) is 41.6 Å². The van der Waals surface area contributed by atoms with Gasteiger partial charge in [-0.25, -0.2) is 4.39 Å². The van der Waals surface area contributed by atoms with Crippen molar-refractivity contribution in [2.45, 2.75) is 44.8 Å². The zero-order chi connectivity index (χ0) is 31.1. The van der Waals surface area contributed by atoms with Crippen molar-refractivity contribution >= 4 is 28.2 Å². The summed E-state index contributed by atoms with van der Waals surface area (Å²) in [6, 6.07) is 5.94. The number of nitrogens with one attached hydrogen (secondary N) is 2. The maximum absolute atomic E-state index is 14.7. The van der Waals surface area contributed by atoms with Crippen molar-refractivity contribution in [1.29, 1.82) is 0 Å². The monoisotopic (exact) mass is 605 g/mol. The molecule has 0 spiro atoms. The largest absolute Gasteiger partial charge is 0.406 e. The molecule has 14 heteroatoms. The first kappa shape index (κ1) is 31.9. The summed E-state index contributed by atoms with van der Waals surface area (Å²) in [5.74, 6) is -0.567. The molecule has 232 valence electrons. The van der Waals surface area contributed by atoms with Crippen LogP contribution in [0.25, 0.3) is 22.4 Å². The van der Waals surface area contributed by atoms with Crippen LogP contribution in [0.3, 0.4) is 0 Å². The van der Waals surface area contributed by atoms with E-state index in [2.05, 4.69) is 32.3 Å². The Morgan fingerprint density at radius 1 is 1.35 bits per heavy atom. The number of methoxy groups -OCH3 is 1. The van der Waals surface area contributed by atoms with E-state index in [0.717, 1.165) is 4.57 Å². The minimum Gasteiger partial charge on any atom is -0.383 e. The van der Waals surface area contributed by atoms with Crippen LogP contribution in [0.4, 0.5) is 23.2 Å². The number of aliphatic imine (C=N–C) groups is 1. The van der Waals surface area contributed by atoms with Crippen LogP contribution in [-0.4, -0.2) is 90.0 Å².